The summed E-state index contributed by atoms with van der Waals surface area (Å²) in [5, 5.41) is 1.29. The first-order valence-corrected chi connectivity index (χ1v) is 7.46. The fourth-order valence-electron chi connectivity index (χ4n) is 2.73. The van der Waals surface area contributed by atoms with Gasteiger partial charge in [-0.25, -0.2) is 0 Å². The first-order valence-electron chi connectivity index (χ1n) is 7.46. The number of para-hydroxylation sites is 1. The van der Waals surface area contributed by atoms with E-state index in [1.165, 1.54) is 27.6 Å². The molecule has 0 N–H and O–H groups in total. The predicted molar refractivity (Wildman–Crippen MR) is 87.9 cm³/mol. The van der Waals surface area contributed by atoms with Crippen LogP contribution in [0, 0.1) is 13.8 Å². The molecule has 0 aliphatic rings. The largest absolute Gasteiger partial charge is 0.489 e. The van der Waals surface area contributed by atoms with E-state index in [0.29, 0.717) is 6.61 Å². The summed E-state index contributed by atoms with van der Waals surface area (Å²) < 4.78 is 8.30. The number of aryl methyl sites for hydroxylation is 3. The molecule has 21 heavy (non-hydrogen) atoms. The molecule has 0 bridgehead atoms. The second-order valence-corrected chi connectivity index (χ2v) is 5.52. The van der Waals surface area contributed by atoms with Gasteiger partial charge in [0.15, 0.2) is 0 Å². The molecule has 1 aromatic heterocycles. The Hall–Kier alpha value is -2.22. The Bertz CT molecular complexity index is 770. The molecule has 0 aliphatic heterocycles. The minimum atomic E-state index is 0.609. The van der Waals surface area contributed by atoms with Crippen LogP contribution in [0.25, 0.3) is 10.9 Å². The van der Waals surface area contributed by atoms with E-state index in [9.17, 15) is 0 Å². The molecular weight excluding hydrogens is 258 g/mol. The van der Waals surface area contributed by atoms with E-state index in [2.05, 4.69) is 55.8 Å². The molecule has 0 aliphatic carbocycles. The lowest BCUT2D eigenvalue weighted by atomic mass is 10.1. The van der Waals surface area contributed by atoms with Crippen LogP contribution in [0.4, 0.5) is 0 Å². The van der Waals surface area contributed by atoms with Gasteiger partial charge in [-0.3, -0.25) is 0 Å². The van der Waals surface area contributed by atoms with Crippen molar-refractivity contribution in [3.8, 4) is 5.75 Å². The molecule has 0 radical (unpaired) electrons. The normalized spacial score (nSPS) is 11.0. The fraction of sp³-hybridized carbons (Fsp3) is 0.263. The molecule has 0 spiro atoms. The van der Waals surface area contributed by atoms with Gasteiger partial charge in [0, 0.05) is 29.2 Å². The fourth-order valence-corrected chi connectivity index (χ4v) is 2.73. The van der Waals surface area contributed by atoms with Crippen molar-refractivity contribution >= 4 is 10.9 Å². The van der Waals surface area contributed by atoms with Crippen molar-refractivity contribution < 1.29 is 4.74 Å². The monoisotopic (exact) mass is 279 g/mol. The van der Waals surface area contributed by atoms with Crippen molar-refractivity contribution in [2.75, 3.05) is 0 Å². The average Bonchev–Trinajstić information content (AvgIpc) is 2.83. The summed E-state index contributed by atoms with van der Waals surface area (Å²) >= 11 is 0. The summed E-state index contributed by atoms with van der Waals surface area (Å²) in [7, 11) is 0. The van der Waals surface area contributed by atoms with Crippen molar-refractivity contribution in [2.45, 2.75) is 33.9 Å². The zero-order valence-corrected chi connectivity index (χ0v) is 12.9. The molecule has 0 saturated carbocycles. The van der Waals surface area contributed by atoms with E-state index in [0.717, 1.165) is 12.3 Å². The highest BCUT2D eigenvalue weighted by Gasteiger charge is 2.09. The van der Waals surface area contributed by atoms with Gasteiger partial charge in [0.25, 0.3) is 0 Å². The van der Waals surface area contributed by atoms with Crippen molar-refractivity contribution in [1.29, 1.82) is 0 Å². The van der Waals surface area contributed by atoms with Gasteiger partial charge in [0.2, 0.25) is 0 Å². The average molecular weight is 279 g/mol. The third kappa shape index (κ3) is 2.66. The third-order valence-corrected chi connectivity index (χ3v) is 3.94. The van der Waals surface area contributed by atoms with E-state index in [1.807, 2.05) is 18.2 Å². The number of aromatic nitrogens is 1. The molecule has 108 valence electrons. The van der Waals surface area contributed by atoms with Gasteiger partial charge in [-0.15, -0.1) is 0 Å². The van der Waals surface area contributed by atoms with Crippen LogP contribution < -0.4 is 4.74 Å². The van der Waals surface area contributed by atoms with Crippen LogP contribution in [0.2, 0.25) is 0 Å². The lowest BCUT2D eigenvalue weighted by Gasteiger charge is -2.08. The lowest BCUT2D eigenvalue weighted by molar-refractivity contribution is 0.305. The highest BCUT2D eigenvalue weighted by Crippen LogP contribution is 2.25. The van der Waals surface area contributed by atoms with Crippen molar-refractivity contribution in [2.24, 2.45) is 0 Å². The molecule has 2 aromatic carbocycles. The minimum Gasteiger partial charge on any atom is -0.489 e. The molecule has 1 heterocycles. The van der Waals surface area contributed by atoms with E-state index in [4.69, 9.17) is 4.74 Å². The molecule has 0 unspecified atom stereocenters. The topological polar surface area (TPSA) is 14.2 Å². The van der Waals surface area contributed by atoms with Crippen LogP contribution >= 0.6 is 0 Å². The van der Waals surface area contributed by atoms with Gasteiger partial charge in [0.05, 0.1) is 0 Å². The summed E-state index contributed by atoms with van der Waals surface area (Å²) in [4.78, 5) is 0. The molecule has 3 aromatic rings. The van der Waals surface area contributed by atoms with Crippen LogP contribution in [-0.4, -0.2) is 4.57 Å². The van der Waals surface area contributed by atoms with Crippen LogP contribution in [-0.2, 0) is 13.2 Å². The molecule has 0 atom stereocenters. The van der Waals surface area contributed by atoms with Crippen LogP contribution in [0.3, 0.4) is 0 Å². The van der Waals surface area contributed by atoms with Crippen LogP contribution in [0.15, 0.2) is 48.7 Å². The maximum Gasteiger partial charge on any atom is 0.122 e. The minimum absolute atomic E-state index is 0.609. The van der Waals surface area contributed by atoms with Gasteiger partial charge in [-0.1, -0.05) is 30.3 Å². The predicted octanol–water partition coefficient (Wildman–Crippen LogP) is 4.86. The lowest BCUT2D eigenvalue weighted by Crippen LogP contribution is -1.96. The second-order valence-electron chi connectivity index (χ2n) is 5.52. The Morgan fingerprint density at radius 2 is 1.86 bits per heavy atom. The molecule has 2 heteroatoms. The molecule has 0 amide bonds. The Kier molecular flexibility index (Phi) is 3.70. The number of ether oxygens (including phenoxy) is 1. The van der Waals surface area contributed by atoms with Gasteiger partial charge >= 0.3 is 0 Å². The molecule has 0 fully saturated rings. The van der Waals surface area contributed by atoms with Gasteiger partial charge < -0.3 is 9.30 Å². The molecule has 0 saturated heterocycles. The van der Waals surface area contributed by atoms with E-state index in [1.54, 1.807) is 0 Å². The summed E-state index contributed by atoms with van der Waals surface area (Å²) in [5.74, 6) is 0.960. The van der Waals surface area contributed by atoms with Crippen molar-refractivity contribution in [3.05, 3.63) is 65.4 Å². The number of hydrogen-bond acceptors (Lipinski definition) is 1. The first-order chi connectivity index (χ1) is 10.2. The number of fused-ring (bicyclic) bond motifs is 1. The second kappa shape index (κ2) is 5.65. The summed E-state index contributed by atoms with van der Waals surface area (Å²) in [6.45, 7) is 7.97. The highest BCUT2D eigenvalue weighted by atomic mass is 16.5. The Morgan fingerprint density at radius 1 is 1.05 bits per heavy atom. The summed E-state index contributed by atoms with van der Waals surface area (Å²) in [5.41, 5.74) is 5.00. The van der Waals surface area contributed by atoms with Crippen molar-refractivity contribution in [3.63, 3.8) is 0 Å². The SMILES string of the molecule is CCn1cc(COc2ccccc2C)c2ccc(C)cc21. The molecule has 3 rings (SSSR count). The quantitative estimate of drug-likeness (QED) is 0.665. The number of nitrogens with zero attached hydrogens (tertiary/aromatic N) is 1. The Balaban J connectivity index is 1.92. The van der Waals surface area contributed by atoms with E-state index < -0.39 is 0 Å². The zero-order chi connectivity index (χ0) is 14.8. The third-order valence-electron chi connectivity index (χ3n) is 3.94. The van der Waals surface area contributed by atoms with E-state index in [-0.39, 0.29) is 0 Å². The van der Waals surface area contributed by atoms with Crippen LogP contribution in [0.1, 0.15) is 23.6 Å². The maximum absolute atomic E-state index is 6.01. The molecular formula is C19H21NO. The smallest absolute Gasteiger partial charge is 0.122 e. The van der Waals surface area contributed by atoms with Gasteiger partial charge in [0.1, 0.15) is 12.4 Å². The summed E-state index contributed by atoms with van der Waals surface area (Å²) in [6.07, 6.45) is 2.21. The van der Waals surface area contributed by atoms with Gasteiger partial charge in [-0.05, 0) is 44.0 Å². The number of hydrogen-bond donors (Lipinski definition) is 0. The van der Waals surface area contributed by atoms with E-state index >= 15 is 0 Å². The zero-order valence-electron chi connectivity index (χ0n) is 12.9. The standard InChI is InChI=1S/C19H21NO/c1-4-20-12-16(17-10-9-14(2)11-18(17)20)13-21-19-8-6-5-7-15(19)3/h5-12H,4,13H2,1-3H3. The number of rotatable bonds is 4. The Labute approximate surface area is 126 Å². The highest BCUT2D eigenvalue weighted by molar-refractivity contribution is 5.84. The maximum atomic E-state index is 6.01. The van der Waals surface area contributed by atoms with Gasteiger partial charge in [-0.2, -0.15) is 0 Å². The first kappa shape index (κ1) is 13.7. The Morgan fingerprint density at radius 3 is 2.62 bits per heavy atom. The summed E-state index contributed by atoms with van der Waals surface area (Å²) in [6, 6.07) is 14.8. The number of benzene rings is 2. The van der Waals surface area contributed by atoms with Crippen LogP contribution in [0.5, 0.6) is 5.75 Å². The van der Waals surface area contributed by atoms with Crippen molar-refractivity contribution in [1.82, 2.24) is 4.57 Å². The molecule has 2 nitrogen and oxygen atoms in total.